The Morgan fingerprint density at radius 2 is 1.75 bits per heavy atom. The van der Waals surface area contributed by atoms with Gasteiger partial charge in [0.15, 0.2) is 0 Å². The lowest BCUT2D eigenvalue weighted by Crippen LogP contribution is -2.35. The molecule has 20 heavy (non-hydrogen) atoms. The molecule has 3 amide bonds. The van der Waals surface area contributed by atoms with E-state index in [4.69, 9.17) is 17.3 Å². The Hall–Kier alpha value is -2.40. The monoisotopic (exact) mass is 292 g/mol. The Kier molecular flexibility index (Phi) is 4.00. The molecule has 0 radical (unpaired) electrons. The zero-order valence-corrected chi connectivity index (χ0v) is 10.9. The molecule has 4 nitrogen and oxygen atoms in total. The first-order chi connectivity index (χ1) is 9.50. The van der Waals surface area contributed by atoms with Crippen LogP contribution in [0, 0.1) is 5.82 Å². The molecule has 0 aliphatic carbocycles. The van der Waals surface area contributed by atoms with E-state index in [1.54, 1.807) is 30.3 Å². The molecule has 0 spiro atoms. The molecule has 6 heteroatoms. The smallest absolute Gasteiger partial charge is 0.319 e. The van der Waals surface area contributed by atoms with Crippen LogP contribution in [0.15, 0.2) is 42.5 Å². The number of primary amides is 1. The lowest BCUT2D eigenvalue weighted by Gasteiger charge is -2.11. The summed E-state index contributed by atoms with van der Waals surface area (Å²) in [5.74, 6) is -1.51. The highest BCUT2D eigenvalue weighted by Gasteiger charge is 2.19. The first-order valence-electron chi connectivity index (χ1n) is 5.65. The van der Waals surface area contributed by atoms with E-state index in [0.717, 1.165) is 0 Å². The van der Waals surface area contributed by atoms with Crippen molar-refractivity contribution >= 4 is 23.5 Å². The highest BCUT2D eigenvalue weighted by molar-refractivity contribution is 6.31. The van der Waals surface area contributed by atoms with Crippen LogP contribution in [0.2, 0.25) is 5.02 Å². The van der Waals surface area contributed by atoms with Crippen molar-refractivity contribution in [2.75, 3.05) is 0 Å². The molecule has 3 N–H and O–H groups in total. The molecule has 0 aliphatic heterocycles. The van der Waals surface area contributed by atoms with Crippen molar-refractivity contribution in [2.24, 2.45) is 5.73 Å². The number of imide groups is 1. The van der Waals surface area contributed by atoms with Crippen LogP contribution in [-0.2, 0) is 0 Å². The maximum atomic E-state index is 14.2. The first-order valence-corrected chi connectivity index (χ1v) is 6.02. The molecule has 0 saturated carbocycles. The number of hydrogen-bond donors (Lipinski definition) is 2. The molecule has 0 aliphatic rings. The molecule has 0 bridgehead atoms. The molecule has 2 rings (SSSR count). The molecule has 0 saturated heterocycles. The van der Waals surface area contributed by atoms with Gasteiger partial charge in [-0.2, -0.15) is 0 Å². The fourth-order valence-corrected chi connectivity index (χ4v) is 1.96. The van der Waals surface area contributed by atoms with Crippen LogP contribution in [0.3, 0.4) is 0 Å². The van der Waals surface area contributed by atoms with Crippen LogP contribution in [0.25, 0.3) is 11.1 Å². The quantitative estimate of drug-likeness (QED) is 0.893. The van der Waals surface area contributed by atoms with Gasteiger partial charge >= 0.3 is 6.03 Å². The minimum absolute atomic E-state index is 0.0168. The number of hydrogen-bond acceptors (Lipinski definition) is 2. The van der Waals surface area contributed by atoms with E-state index in [0.29, 0.717) is 5.56 Å². The van der Waals surface area contributed by atoms with Crippen molar-refractivity contribution in [2.45, 2.75) is 0 Å². The Morgan fingerprint density at radius 1 is 1.10 bits per heavy atom. The summed E-state index contributed by atoms with van der Waals surface area (Å²) in [6.07, 6.45) is 0. The Morgan fingerprint density at radius 3 is 2.35 bits per heavy atom. The zero-order valence-electron chi connectivity index (χ0n) is 10.2. The van der Waals surface area contributed by atoms with Crippen molar-refractivity contribution in [3.8, 4) is 11.1 Å². The van der Waals surface area contributed by atoms with Crippen LogP contribution in [-0.4, -0.2) is 11.9 Å². The highest BCUT2D eigenvalue weighted by Crippen LogP contribution is 2.31. The van der Waals surface area contributed by atoms with Gasteiger partial charge in [0.05, 0.1) is 10.6 Å². The molecule has 0 heterocycles. The molecule has 2 aromatic carbocycles. The maximum Gasteiger partial charge on any atom is 0.319 e. The van der Waals surface area contributed by atoms with E-state index in [-0.39, 0.29) is 16.1 Å². The van der Waals surface area contributed by atoms with Crippen LogP contribution in [0.1, 0.15) is 10.4 Å². The third-order valence-electron chi connectivity index (χ3n) is 2.64. The molecule has 0 atom stereocenters. The summed E-state index contributed by atoms with van der Waals surface area (Å²) in [7, 11) is 0. The van der Waals surface area contributed by atoms with E-state index in [2.05, 4.69) is 0 Å². The summed E-state index contributed by atoms with van der Waals surface area (Å²) in [4.78, 5) is 22.6. The number of nitrogens with two attached hydrogens (primary N) is 1. The van der Waals surface area contributed by atoms with E-state index in [9.17, 15) is 14.0 Å². The number of rotatable bonds is 2. The van der Waals surface area contributed by atoms with Gasteiger partial charge in [-0.15, -0.1) is 0 Å². The molecule has 0 unspecified atom stereocenters. The van der Waals surface area contributed by atoms with Gasteiger partial charge in [-0.05, 0) is 17.7 Å². The van der Waals surface area contributed by atoms with Gasteiger partial charge in [-0.3, -0.25) is 10.1 Å². The average molecular weight is 293 g/mol. The number of nitrogens with one attached hydrogen (secondary N) is 1. The Bertz CT molecular complexity index is 674. The van der Waals surface area contributed by atoms with Crippen molar-refractivity contribution in [1.82, 2.24) is 5.32 Å². The van der Waals surface area contributed by atoms with E-state index >= 15 is 0 Å². The van der Waals surface area contributed by atoms with Gasteiger partial charge in [0.1, 0.15) is 5.82 Å². The summed E-state index contributed by atoms with van der Waals surface area (Å²) >= 11 is 5.75. The summed E-state index contributed by atoms with van der Waals surface area (Å²) in [6, 6.07) is 10.0. The molecule has 0 fully saturated rings. The van der Waals surface area contributed by atoms with Crippen LogP contribution in [0.5, 0.6) is 0 Å². The number of amides is 3. The van der Waals surface area contributed by atoms with E-state index < -0.39 is 17.8 Å². The average Bonchev–Trinajstić information content (AvgIpc) is 2.41. The third-order valence-corrected chi connectivity index (χ3v) is 2.93. The minimum Gasteiger partial charge on any atom is -0.351 e. The highest BCUT2D eigenvalue weighted by atomic mass is 35.5. The normalized spacial score (nSPS) is 10.1. The van der Waals surface area contributed by atoms with Crippen LogP contribution >= 0.6 is 11.6 Å². The van der Waals surface area contributed by atoms with Crippen molar-refractivity contribution < 1.29 is 14.0 Å². The van der Waals surface area contributed by atoms with Gasteiger partial charge in [-0.25, -0.2) is 9.18 Å². The SMILES string of the molecule is NC(=O)NC(=O)c1ccc(Cl)c(F)c1-c1ccccc1. The Labute approximate surface area is 119 Å². The number of halogens is 2. The third kappa shape index (κ3) is 2.78. The summed E-state index contributed by atoms with van der Waals surface area (Å²) in [5, 5.41) is 1.79. The summed E-state index contributed by atoms with van der Waals surface area (Å²) in [5.41, 5.74) is 5.38. The lowest BCUT2D eigenvalue weighted by atomic mass is 9.98. The molecular weight excluding hydrogens is 283 g/mol. The largest absolute Gasteiger partial charge is 0.351 e. The second-order valence-electron chi connectivity index (χ2n) is 3.97. The topological polar surface area (TPSA) is 72.2 Å². The zero-order chi connectivity index (χ0) is 14.7. The molecular formula is C14H10ClFN2O2. The lowest BCUT2D eigenvalue weighted by molar-refractivity contribution is 0.0966. The van der Waals surface area contributed by atoms with Crippen molar-refractivity contribution in [3.05, 3.63) is 58.9 Å². The van der Waals surface area contributed by atoms with Crippen molar-refractivity contribution in [3.63, 3.8) is 0 Å². The van der Waals surface area contributed by atoms with Gasteiger partial charge in [0.2, 0.25) is 0 Å². The second kappa shape index (κ2) is 5.71. The van der Waals surface area contributed by atoms with Gasteiger partial charge in [0, 0.05) is 5.56 Å². The summed E-state index contributed by atoms with van der Waals surface area (Å²) < 4.78 is 14.2. The second-order valence-corrected chi connectivity index (χ2v) is 4.38. The molecule has 0 aromatic heterocycles. The van der Waals surface area contributed by atoms with Gasteiger partial charge in [0.25, 0.3) is 5.91 Å². The van der Waals surface area contributed by atoms with Crippen LogP contribution < -0.4 is 11.1 Å². The number of benzene rings is 2. The fraction of sp³-hybridized carbons (Fsp3) is 0. The molecule has 2 aromatic rings. The number of carbonyl (C=O) groups is 2. The fourth-order valence-electron chi connectivity index (χ4n) is 1.81. The van der Waals surface area contributed by atoms with Gasteiger partial charge in [-0.1, -0.05) is 41.9 Å². The number of carbonyl (C=O) groups excluding carboxylic acids is 2. The first kappa shape index (κ1) is 14.0. The Balaban J connectivity index is 2.61. The standard InChI is InChI=1S/C14H10ClFN2O2/c15-10-7-6-9(13(19)18-14(17)20)11(12(10)16)8-4-2-1-3-5-8/h1-7H,(H3,17,18,19,20). The maximum absolute atomic E-state index is 14.2. The predicted molar refractivity (Wildman–Crippen MR) is 73.9 cm³/mol. The summed E-state index contributed by atoms with van der Waals surface area (Å²) in [6.45, 7) is 0. The van der Waals surface area contributed by atoms with Crippen LogP contribution in [0.4, 0.5) is 9.18 Å². The number of urea groups is 1. The van der Waals surface area contributed by atoms with Crippen molar-refractivity contribution in [1.29, 1.82) is 0 Å². The van der Waals surface area contributed by atoms with E-state index in [1.165, 1.54) is 12.1 Å². The molecule has 102 valence electrons. The minimum atomic E-state index is -1.01. The predicted octanol–water partition coefficient (Wildman–Crippen LogP) is 2.95. The van der Waals surface area contributed by atoms with E-state index in [1.807, 2.05) is 5.32 Å². The van der Waals surface area contributed by atoms with Gasteiger partial charge < -0.3 is 5.73 Å².